The third-order valence-electron chi connectivity index (χ3n) is 2.02. The van der Waals surface area contributed by atoms with E-state index in [1.165, 1.54) is 14.2 Å². The van der Waals surface area contributed by atoms with Gasteiger partial charge in [-0.2, -0.15) is 8.42 Å². The molecule has 0 aliphatic rings. The molecule has 17 heavy (non-hydrogen) atoms. The Morgan fingerprint density at radius 3 is 2.18 bits per heavy atom. The van der Waals surface area contributed by atoms with Crippen LogP contribution in [0.4, 0.5) is 0 Å². The predicted octanol–water partition coefficient (Wildman–Crippen LogP) is 0.321. The molecule has 0 saturated heterocycles. The zero-order valence-electron chi connectivity index (χ0n) is 10.3. The van der Waals surface area contributed by atoms with Crippen molar-refractivity contribution in [2.24, 2.45) is 0 Å². The summed E-state index contributed by atoms with van der Waals surface area (Å²) in [5.41, 5.74) is 1.56. The van der Waals surface area contributed by atoms with Gasteiger partial charge >= 0.3 is 17.2 Å². The monoisotopic (exact) mass is 258 g/mol. The van der Waals surface area contributed by atoms with Gasteiger partial charge in [-0.05, 0) is 30.1 Å². The standard InChI is InChI=1S/C10H15BO5S/c1-8-5-9(11(14-2)15-3)7-10(6-8)16-17(4,12)13/h5-7H,1-4H3. The highest BCUT2D eigenvalue weighted by Gasteiger charge is 2.19. The van der Waals surface area contributed by atoms with Crippen LogP contribution < -0.4 is 9.65 Å². The highest BCUT2D eigenvalue weighted by molar-refractivity contribution is 7.86. The molecule has 1 aromatic rings. The number of hydrogen-bond donors (Lipinski definition) is 0. The van der Waals surface area contributed by atoms with E-state index in [-0.39, 0.29) is 5.75 Å². The van der Waals surface area contributed by atoms with Crippen LogP contribution in [0.2, 0.25) is 0 Å². The Labute approximate surface area is 102 Å². The minimum Gasteiger partial charge on any atom is -0.410 e. The van der Waals surface area contributed by atoms with Crippen molar-refractivity contribution in [1.29, 1.82) is 0 Å². The van der Waals surface area contributed by atoms with E-state index < -0.39 is 17.2 Å². The van der Waals surface area contributed by atoms with Gasteiger partial charge in [0, 0.05) is 14.2 Å². The van der Waals surface area contributed by atoms with Crippen LogP contribution in [-0.4, -0.2) is 36.0 Å². The third kappa shape index (κ3) is 4.37. The zero-order valence-corrected chi connectivity index (χ0v) is 11.1. The second kappa shape index (κ2) is 5.53. The molecule has 5 nitrogen and oxygen atoms in total. The van der Waals surface area contributed by atoms with Crippen LogP contribution >= 0.6 is 0 Å². The summed E-state index contributed by atoms with van der Waals surface area (Å²) < 4.78 is 37.1. The van der Waals surface area contributed by atoms with E-state index in [1.807, 2.05) is 13.0 Å². The van der Waals surface area contributed by atoms with Crippen LogP contribution in [0, 0.1) is 6.92 Å². The van der Waals surface area contributed by atoms with Crippen LogP contribution in [0.3, 0.4) is 0 Å². The summed E-state index contributed by atoms with van der Waals surface area (Å²) in [6, 6.07) is 5.05. The van der Waals surface area contributed by atoms with Crippen LogP contribution in [0.1, 0.15) is 5.56 Å². The highest BCUT2D eigenvalue weighted by Crippen LogP contribution is 2.14. The molecule has 0 radical (unpaired) electrons. The maximum atomic E-state index is 11.0. The smallest absolute Gasteiger partial charge is 0.410 e. The SMILES string of the molecule is COB(OC)c1cc(C)cc(OS(C)(=O)=O)c1. The van der Waals surface area contributed by atoms with E-state index in [1.54, 1.807) is 12.1 Å². The van der Waals surface area contributed by atoms with Crippen LogP contribution in [0.5, 0.6) is 5.75 Å². The molecular weight excluding hydrogens is 243 g/mol. The molecule has 0 N–H and O–H groups in total. The summed E-state index contributed by atoms with van der Waals surface area (Å²) in [5.74, 6) is 0.251. The van der Waals surface area contributed by atoms with Crippen LogP contribution in [0.15, 0.2) is 18.2 Å². The highest BCUT2D eigenvalue weighted by atomic mass is 32.2. The van der Waals surface area contributed by atoms with E-state index in [0.717, 1.165) is 11.8 Å². The van der Waals surface area contributed by atoms with Crippen molar-refractivity contribution in [3.05, 3.63) is 23.8 Å². The lowest BCUT2D eigenvalue weighted by atomic mass is 9.78. The molecule has 0 bridgehead atoms. The maximum Gasteiger partial charge on any atom is 0.493 e. The molecular formula is C10H15BO5S. The normalized spacial score (nSPS) is 11.3. The third-order valence-corrected chi connectivity index (χ3v) is 2.52. The Balaban J connectivity index is 3.10. The topological polar surface area (TPSA) is 61.8 Å². The van der Waals surface area contributed by atoms with Crippen molar-refractivity contribution in [3.8, 4) is 5.75 Å². The molecule has 0 aromatic heterocycles. The lowest BCUT2D eigenvalue weighted by Crippen LogP contribution is -2.35. The molecule has 0 atom stereocenters. The molecule has 7 heteroatoms. The summed E-state index contributed by atoms with van der Waals surface area (Å²) in [5, 5.41) is 0. The van der Waals surface area contributed by atoms with Gasteiger partial charge < -0.3 is 13.5 Å². The number of benzene rings is 1. The van der Waals surface area contributed by atoms with Gasteiger partial charge in [0.15, 0.2) is 0 Å². The Hall–Kier alpha value is -1.05. The first-order valence-electron chi connectivity index (χ1n) is 4.92. The van der Waals surface area contributed by atoms with Crippen LogP contribution in [-0.2, 0) is 19.4 Å². The minimum absolute atomic E-state index is 0.251. The molecule has 0 saturated carbocycles. The second-order valence-electron chi connectivity index (χ2n) is 3.67. The first kappa shape index (κ1) is 14.0. The minimum atomic E-state index is -3.53. The molecule has 0 heterocycles. The molecule has 1 rings (SSSR count). The molecule has 0 amide bonds. The molecule has 0 spiro atoms. The average Bonchev–Trinajstić information content (AvgIpc) is 2.15. The fourth-order valence-electron chi connectivity index (χ4n) is 1.50. The lowest BCUT2D eigenvalue weighted by molar-refractivity contribution is 0.292. The maximum absolute atomic E-state index is 11.0. The fourth-order valence-corrected chi connectivity index (χ4v) is 1.95. The number of rotatable bonds is 5. The van der Waals surface area contributed by atoms with E-state index in [9.17, 15) is 8.42 Å². The molecule has 0 aliphatic heterocycles. The number of hydrogen-bond acceptors (Lipinski definition) is 5. The summed E-state index contributed by atoms with van der Waals surface area (Å²) in [6.45, 7) is 1.83. The summed E-state index contributed by atoms with van der Waals surface area (Å²) in [6.07, 6.45) is 0.999. The van der Waals surface area contributed by atoms with Gasteiger partial charge in [-0.3, -0.25) is 0 Å². The Kier molecular flexibility index (Phi) is 4.56. The lowest BCUT2D eigenvalue weighted by Gasteiger charge is -2.11. The van der Waals surface area contributed by atoms with Crippen molar-refractivity contribution in [1.82, 2.24) is 0 Å². The van der Waals surface area contributed by atoms with E-state index in [4.69, 9.17) is 13.5 Å². The summed E-state index contributed by atoms with van der Waals surface area (Å²) in [4.78, 5) is 0. The molecule has 1 aromatic carbocycles. The first-order chi connectivity index (χ1) is 7.85. The average molecular weight is 258 g/mol. The second-order valence-corrected chi connectivity index (χ2v) is 5.25. The number of aryl methyl sites for hydroxylation is 1. The molecule has 0 aliphatic carbocycles. The van der Waals surface area contributed by atoms with E-state index in [2.05, 4.69) is 0 Å². The van der Waals surface area contributed by atoms with Gasteiger partial charge in [0.05, 0.1) is 6.26 Å². The zero-order chi connectivity index (χ0) is 13.1. The van der Waals surface area contributed by atoms with Gasteiger partial charge in [-0.25, -0.2) is 0 Å². The van der Waals surface area contributed by atoms with Gasteiger partial charge in [-0.15, -0.1) is 0 Å². The van der Waals surface area contributed by atoms with Gasteiger partial charge in [-0.1, -0.05) is 6.07 Å². The summed E-state index contributed by atoms with van der Waals surface area (Å²) in [7, 11) is -1.06. The Bertz CT molecular complexity index is 481. The quantitative estimate of drug-likeness (QED) is 0.562. The van der Waals surface area contributed by atoms with Crippen molar-refractivity contribution in [3.63, 3.8) is 0 Å². The van der Waals surface area contributed by atoms with Crippen LogP contribution in [0.25, 0.3) is 0 Å². The molecule has 0 fully saturated rings. The Morgan fingerprint density at radius 1 is 1.12 bits per heavy atom. The van der Waals surface area contributed by atoms with Gasteiger partial charge in [0.2, 0.25) is 0 Å². The van der Waals surface area contributed by atoms with Crippen molar-refractivity contribution in [2.45, 2.75) is 6.92 Å². The first-order valence-corrected chi connectivity index (χ1v) is 6.74. The molecule has 0 unspecified atom stereocenters. The Morgan fingerprint density at radius 2 is 1.71 bits per heavy atom. The predicted molar refractivity (Wildman–Crippen MR) is 66.1 cm³/mol. The van der Waals surface area contributed by atoms with Crippen molar-refractivity contribution >= 4 is 22.7 Å². The largest absolute Gasteiger partial charge is 0.493 e. The summed E-state index contributed by atoms with van der Waals surface area (Å²) >= 11 is 0. The van der Waals surface area contributed by atoms with Crippen molar-refractivity contribution in [2.75, 3.05) is 20.5 Å². The van der Waals surface area contributed by atoms with E-state index in [0.29, 0.717) is 5.46 Å². The van der Waals surface area contributed by atoms with Gasteiger partial charge in [0.25, 0.3) is 0 Å². The molecule has 94 valence electrons. The van der Waals surface area contributed by atoms with E-state index >= 15 is 0 Å². The van der Waals surface area contributed by atoms with Crippen molar-refractivity contribution < 1.29 is 21.9 Å². The van der Waals surface area contributed by atoms with Gasteiger partial charge in [0.1, 0.15) is 5.75 Å². The fraction of sp³-hybridized carbons (Fsp3) is 0.400.